The molecule has 4 atom stereocenters. The third-order valence-corrected chi connectivity index (χ3v) is 1.70. The van der Waals surface area contributed by atoms with E-state index in [0.717, 1.165) is 6.92 Å². The van der Waals surface area contributed by atoms with Crippen LogP contribution < -0.4 is 0 Å². The molecule has 4 N–H and O–H groups in total. The van der Waals surface area contributed by atoms with E-state index < -0.39 is 37.0 Å². The molecule has 88 valence electrons. The van der Waals surface area contributed by atoms with Crippen molar-refractivity contribution in [3.8, 4) is 0 Å². The number of ether oxygens (including phenoxy) is 1. The minimum Gasteiger partial charge on any atom is -0.456 e. The van der Waals surface area contributed by atoms with E-state index in [-0.39, 0.29) is 6.29 Å². The van der Waals surface area contributed by atoms with Crippen LogP contribution in [0.15, 0.2) is 0 Å². The summed E-state index contributed by atoms with van der Waals surface area (Å²) in [6, 6.07) is 0. The van der Waals surface area contributed by atoms with Crippen molar-refractivity contribution in [2.24, 2.45) is 0 Å². The first-order chi connectivity index (χ1) is 6.93. The van der Waals surface area contributed by atoms with Gasteiger partial charge in [0.1, 0.15) is 18.3 Å². The molecule has 0 bridgehead atoms. The fraction of sp³-hybridized carbons (Fsp3) is 0.750. The Morgan fingerprint density at radius 2 is 1.93 bits per heavy atom. The zero-order valence-corrected chi connectivity index (χ0v) is 8.11. The second-order valence-electron chi connectivity index (χ2n) is 2.94. The number of carbonyl (C=O) groups is 2. The van der Waals surface area contributed by atoms with Crippen molar-refractivity contribution in [3.63, 3.8) is 0 Å². The summed E-state index contributed by atoms with van der Waals surface area (Å²) < 4.78 is 4.45. The van der Waals surface area contributed by atoms with E-state index in [1.54, 1.807) is 0 Å². The number of hydrogen-bond acceptors (Lipinski definition) is 7. The largest absolute Gasteiger partial charge is 0.456 e. The fourth-order valence-corrected chi connectivity index (χ4v) is 0.937. The smallest absolute Gasteiger partial charge is 0.303 e. The van der Waals surface area contributed by atoms with Gasteiger partial charge < -0.3 is 30.0 Å². The Bertz CT molecular complexity index is 217. The molecule has 0 aromatic rings. The van der Waals surface area contributed by atoms with E-state index >= 15 is 0 Å². The third-order valence-electron chi connectivity index (χ3n) is 1.70. The lowest BCUT2D eigenvalue weighted by Gasteiger charge is -2.26. The molecule has 0 aromatic carbocycles. The highest BCUT2D eigenvalue weighted by Crippen LogP contribution is 2.08. The summed E-state index contributed by atoms with van der Waals surface area (Å²) in [5.41, 5.74) is 0. The van der Waals surface area contributed by atoms with Gasteiger partial charge in [0.15, 0.2) is 12.4 Å². The van der Waals surface area contributed by atoms with Crippen LogP contribution in [0.5, 0.6) is 0 Å². The minimum absolute atomic E-state index is 0.0565. The summed E-state index contributed by atoms with van der Waals surface area (Å²) >= 11 is 0. The van der Waals surface area contributed by atoms with Gasteiger partial charge in [-0.2, -0.15) is 0 Å². The average molecular weight is 222 g/mol. The Hall–Kier alpha value is -1.02. The maximum atomic E-state index is 10.6. The number of carbonyl (C=O) groups excluding carboxylic acids is 2. The van der Waals surface area contributed by atoms with Crippen LogP contribution in [-0.2, 0) is 14.3 Å². The number of esters is 1. The molecule has 0 unspecified atom stereocenters. The Balaban J connectivity index is 4.60. The van der Waals surface area contributed by atoms with Crippen molar-refractivity contribution in [2.75, 3.05) is 6.61 Å². The number of hydrogen-bond donors (Lipinski definition) is 4. The Morgan fingerprint density at radius 1 is 1.40 bits per heavy atom. The normalized spacial score (nSPS) is 18.7. The van der Waals surface area contributed by atoms with Crippen LogP contribution in [0.3, 0.4) is 0 Å². The van der Waals surface area contributed by atoms with E-state index in [2.05, 4.69) is 4.74 Å². The molecular weight excluding hydrogens is 208 g/mol. The van der Waals surface area contributed by atoms with Crippen LogP contribution in [-0.4, -0.2) is 63.7 Å². The third kappa shape index (κ3) is 4.34. The van der Waals surface area contributed by atoms with E-state index in [4.69, 9.17) is 15.3 Å². The molecule has 0 radical (unpaired) electrons. The van der Waals surface area contributed by atoms with E-state index in [1.807, 2.05) is 0 Å². The van der Waals surface area contributed by atoms with Crippen LogP contribution in [0.25, 0.3) is 0 Å². The van der Waals surface area contributed by atoms with Crippen molar-refractivity contribution in [1.82, 2.24) is 0 Å². The van der Waals surface area contributed by atoms with E-state index in [0.29, 0.717) is 0 Å². The number of aldehydes is 1. The highest BCUT2D eigenvalue weighted by Gasteiger charge is 2.34. The van der Waals surface area contributed by atoms with Crippen LogP contribution in [0.2, 0.25) is 0 Å². The number of aliphatic hydroxyl groups is 4. The Labute approximate surface area is 85.9 Å². The van der Waals surface area contributed by atoms with Crippen LogP contribution in [0.1, 0.15) is 6.92 Å². The van der Waals surface area contributed by atoms with Gasteiger partial charge in [-0.3, -0.25) is 4.79 Å². The molecule has 0 spiro atoms. The maximum absolute atomic E-state index is 10.6. The van der Waals surface area contributed by atoms with Gasteiger partial charge in [0.25, 0.3) is 0 Å². The first kappa shape index (κ1) is 14.0. The molecule has 7 heteroatoms. The summed E-state index contributed by atoms with van der Waals surface area (Å²) in [5, 5.41) is 36.0. The van der Waals surface area contributed by atoms with Gasteiger partial charge >= 0.3 is 5.97 Å². The highest BCUT2D eigenvalue weighted by molar-refractivity contribution is 5.67. The summed E-state index contributed by atoms with van der Waals surface area (Å²) in [5.74, 6) is -0.829. The molecule has 7 nitrogen and oxygen atoms in total. The van der Waals surface area contributed by atoms with Crippen LogP contribution in [0, 0.1) is 0 Å². The van der Waals surface area contributed by atoms with Gasteiger partial charge in [-0.1, -0.05) is 0 Å². The molecule has 0 saturated heterocycles. The lowest BCUT2D eigenvalue weighted by Crippen LogP contribution is -2.48. The molecular formula is C8H14O7. The van der Waals surface area contributed by atoms with E-state index in [9.17, 15) is 14.7 Å². The van der Waals surface area contributed by atoms with Gasteiger partial charge in [-0.15, -0.1) is 0 Å². The minimum atomic E-state index is -1.76. The maximum Gasteiger partial charge on any atom is 0.303 e. The number of rotatable bonds is 6. The lowest BCUT2D eigenvalue weighted by atomic mass is 10.0. The monoisotopic (exact) mass is 222 g/mol. The van der Waals surface area contributed by atoms with Gasteiger partial charge in [0.05, 0.1) is 6.61 Å². The molecule has 0 saturated carbocycles. The standard InChI is InChI=1S/C8H14O7/c1-4(11)15-8(6(13)3-10)7(14)5(12)2-9/h3,5-9,12-14H,2H2,1H3/t5-,6-,7-,8+/m1/s1. The highest BCUT2D eigenvalue weighted by atomic mass is 16.6. The van der Waals surface area contributed by atoms with Crippen LogP contribution >= 0.6 is 0 Å². The first-order valence-corrected chi connectivity index (χ1v) is 4.21. The predicted molar refractivity (Wildman–Crippen MR) is 46.7 cm³/mol. The van der Waals surface area contributed by atoms with Gasteiger partial charge in [0.2, 0.25) is 0 Å². The topological polar surface area (TPSA) is 124 Å². The molecule has 15 heavy (non-hydrogen) atoms. The summed E-state index contributed by atoms with van der Waals surface area (Å²) in [4.78, 5) is 20.8. The molecule has 0 fully saturated rings. The van der Waals surface area contributed by atoms with Gasteiger partial charge in [-0.25, -0.2) is 0 Å². The molecule has 0 aromatic heterocycles. The first-order valence-electron chi connectivity index (χ1n) is 4.21. The molecule has 0 amide bonds. The summed E-state index contributed by atoms with van der Waals surface area (Å²) in [6.07, 6.45) is -6.64. The van der Waals surface area contributed by atoms with Gasteiger partial charge in [0, 0.05) is 6.92 Å². The van der Waals surface area contributed by atoms with Crippen molar-refractivity contribution in [2.45, 2.75) is 31.3 Å². The Morgan fingerprint density at radius 3 is 2.27 bits per heavy atom. The quantitative estimate of drug-likeness (QED) is 0.282. The zero-order valence-electron chi connectivity index (χ0n) is 8.11. The molecule has 0 aliphatic rings. The zero-order chi connectivity index (χ0) is 12.0. The second kappa shape index (κ2) is 6.46. The van der Waals surface area contributed by atoms with Crippen molar-refractivity contribution in [1.29, 1.82) is 0 Å². The molecule has 0 aliphatic carbocycles. The Kier molecular flexibility index (Phi) is 6.02. The summed E-state index contributed by atoms with van der Waals surface area (Å²) in [7, 11) is 0. The molecule has 0 rings (SSSR count). The fourth-order valence-electron chi connectivity index (χ4n) is 0.937. The molecule has 0 aliphatic heterocycles. The average Bonchev–Trinajstić information content (AvgIpc) is 2.22. The van der Waals surface area contributed by atoms with Crippen molar-refractivity contribution < 1.29 is 34.8 Å². The predicted octanol–water partition coefficient (Wildman–Crippen LogP) is -2.81. The SMILES string of the molecule is CC(=O)O[C@H]([C@H](O)[C@H](O)CO)[C@H](O)C=O. The lowest BCUT2D eigenvalue weighted by molar-refractivity contribution is -0.171. The van der Waals surface area contributed by atoms with Crippen molar-refractivity contribution in [3.05, 3.63) is 0 Å². The van der Waals surface area contributed by atoms with Crippen molar-refractivity contribution >= 4 is 12.3 Å². The summed E-state index contributed by atoms with van der Waals surface area (Å²) in [6.45, 7) is 0.229. The number of aliphatic hydroxyl groups excluding tert-OH is 4. The van der Waals surface area contributed by atoms with Crippen LogP contribution in [0.4, 0.5) is 0 Å². The van der Waals surface area contributed by atoms with Gasteiger partial charge in [-0.05, 0) is 0 Å². The molecule has 0 heterocycles. The van der Waals surface area contributed by atoms with E-state index in [1.165, 1.54) is 0 Å². The second-order valence-corrected chi connectivity index (χ2v) is 2.94.